The predicted octanol–water partition coefficient (Wildman–Crippen LogP) is 2.16. The number of amides is 3. The second-order valence-electron chi connectivity index (χ2n) is 10.1. The molecule has 3 amide bonds. The van der Waals surface area contributed by atoms with E-state index < -0.39 is 24.0 Å². The summed E-state index contributed by atoms with van der Waals surface area (Å²) in [6, 6.07) is 7.85. The summed E-state index contributed by atoms with van der Waals surface area (Å²) in [7, 11) is 0. The molecule has 4 atom stereocenters. The minimum Gasteiger partial charge on any atom is -0.462 e. The molecule has 0 saturated carbocycles. The molecule has 4 rings (SSSR count). The van der Waals surface area contributed by atoms with Crippen LogP contribution in [0.15, 0.2) is 42.5 Å². The number of ether oxygens (including phenoxy) is 2. The lowest BCUT2D eigenvalue weighted by atomic mass is 9.97. The summed E-state index contributed by atoms with van der Waals surface area (Å²) in [5.74, 6) is -1.36. The fourth-order valence-electron chi connectivity index (χ4n) is 5.38. The summed E-state index contributed by atoms with van der Waals surface area (Å²) >= 11 is 0. The highest BCUT2D eigenvalue weighted by atomic mass is 16.6. The minimum atomic E-state index is -0.936. The van der Waals surface area contributed by atoms with Crippen LogP contribution in [0.1, 0.15) is 50.5 Å². The van der Waals surface area contributed by atoms with Crippen molar-refractivity contribution >= 4 is 23.9 Å². The molecule has 3 heterocycles. The van der Waals surface area contributed by atoms with Crippen molar-refractivity contribution in [3.05, 3.63) is 48.0 Å². The number of likely N-dealkylation sites (tertiary alicyclic amines) is 1. The maximum Gasteiger partial charge on any atom is 0.408 e. The normalized spacial score (nSPS) is 26.2. The number of alkyl carbamates (subject to hydrolysis) is 1. The Hall–Kier alpha value is -3.40. The van der Waals surface area contributed by atoms with Gasteiger partial charge in [-0.05, 0) is 44.1 Å². The van der Waals surface area contributed by atoms with E-state index in [-0.39, 0.29) is 56.6 Å². The Morgan fingerprint density at radius 1 is 1.05 bits per heavy atom. The number of aliphatic hydroxyl groups excluding tert-OH is 1. The van der Waals surface area contributed by atoms with Gasteiger partial charge in [-0.2, -0.15) is 0 Å². The van der Waals surface area contributed by atoms with Crippen molar-refractivity contribution in [2.24, 2.45) is 5.92 Å². The number of nitrogens with one attached hydrogen (secondary N) is 1. The number of hydrogen-bond donors (Lipinski definition) is 2. The number of rotatable bonds is 6. The monoisotopic (exact) mass is 527 g/mol. The number of esters is 1. The van der Waals surface area contributed by atoms with Crippen LogP contribution in [-0.2, 0) is 30.5 Å². The van der Waals surface area contributed by atoms with Gasteiger partial charge in [-0.15, -0.1) is 0 Å². The Morgan fingerprint density at radius 2 is 1.82 bits per heavy atom. The van der Waals surface area contributed by atoms with Gasteiger partial charge in [0.1, 0.15) is 19.3 Å². The molecule has 206 valence electrons. The third-order valence-electron chi connectivity index (χ3n) is 7.51. The van der Waals surface area contributed by atoms with Crippen molar-refractivity contribution in [3.8, 4) is 0 Å². The molecule has 10 heteroatoms. The smallest absolute Gasteiger partial charge is 0.408 e. The van der Waals surface area contributed by atoms with Crippen LogP contribution in [0.2, 0.25) is 0 Å². The summed E-state index contributed by atoms with van der Waals surface area (Å²) < 4.78 is 10.8. The van der Waals surface area contributed by atoms with Crippen molar-refractivity contribution in [2.45, 2.75) is 69.7 Å². The van der Waals surface area contributed by atoms with Crippen molar-refractivity contribution in [3.63, 3.8) is 0 Å². The zero-order chi connectivity index (χ0) is 26.9. The number of carbonyl (C=O) groups excluding carboxylic acids is 4. The maximum atomic E-state index is 13.5. The first-order valence-electron chi connectivity index (χ1n) is 13.5. The van der Waals surface area contributed by atoms with E-state index in [2.05, 4.69) is 5.32 Å². The lowest BCUT2D eigenvalue weighted by Gasteiger charge is -2.30. The van der Waals surface area contributed by atoms with Crippen molar-refractivity contribution in [1.29, 1.82) is 0 Å². The lowest BCUT2D eigenvalue weighted by molar-refractivity contribution is -0.150. The Kier molecular flexibility index (Phi) is 9.75. The molecular weight excluding hydrogens is 490 g/mol. The Balaban J connectivity index is 1.42. The van der Waals surface area contributed by atoms with Gasteiger partial charge in [-0.25, -0.2) is 9.59 Å². The van der Waals surface area contributed by atoms with Gasteiger partial charge in [-0.1, -0.05) is 42.5 Å². The molecule has 0 spiro atoms. The first-order valence-corrected chi connectivity index (χ1v) is 13.5. The molecule has 0 aromatic heterocycles. The van der Waals surface area contributed by atoms with E-state index in [9.17, 15) is 24.3 Å². The molecule has 3 aliphatic rings. The van der Waals surface area contributed by atoms with Gasteiger partial charge in [0.2, 0.25) is 11.8 Å². The summed E-state index contributed by atoms with van der Waals surface area (Å²) in [6.45, 7) is 1.17. The number of nitrogens with zero attached hydrogens (tertiary/aromatic N) is 2. The molecule has 2 fully saturated rings. The van der Waals surface area contributed by atoms with Crippen LogP contribution >= 0.6 is 0 Å². The van der Waals surface area contributed by atoms with Crippen LogP contribution in [-0.4, -0.2) is 83.2 Å². The van der Waals surface area contributed by atoms with E-state index in [4.69, 9.17) is 9.47 Å². The molecule has 0 bridgehead atoms. The Morgan fingerprint density at radius 3 is 2.61 bits per heavy atom. The zero-order valence-electron chi connectivity index (χ0n) is 21.6. The predicted molar refractivity (Wildman–Crippen MR) is 138 cm³/mol. The minimum absolute atomic E-state index is 0.0326. The van der Waals surface area contributed by atoms with Crippen LogP contribution in [0.25, 0.3) is 0 Å². The van der Waals surface area contributed by atoms with E-state index in [1.807, 2.05) is 30.3 Å². The largest absolute Gasteiger partial charge is 0.462 e. The van der Waals surface area contributed by atoms with Gasteiger partial charge in [0.05, 0.1) is 24.6 Å². The van der Waals surface area contributed by atoms with Crippen molar-refractivity contribution < 1.29 is 33.8 Å². The van der Waals surface area contributed by atoms with Gasteiger partial charge in [0.25, 0.3) is 0 Å². The van der Waals surface area contributed by atoms with Crippen molar-refractivity contribution in [1.82, 2.24) is 15.1 Å². The molecule has 3 aliphatic heterocycles. The number of cyclic esters (lactones) is 1. The molecule has 10 nitrogen and oxygen atoms in total. The summed E-state index contributed by atoms with van der Waals surface area (Å²) in [5.41, 5.74) is 0.828. The van der Waals surface area contributed by atoms with Crippen LogP contribution < -0.4 is 5.32 Å². The van der Waals surface area contributed by atoms with Crippen LogP contribution in [0.3, 0.4) is 0 Å². The van der Waals surface area contributed by atoms with Gasteiger partial charge in [0.15, 0.2) is 0 Å². The fourth-order valence-corrected chi connectivity index (χ4v) is 5.38. The number of aliphatic hydroxyl groups is 1. The molecule has 0 aliphatic carbocycles. The summed E-state index contributed by atoms with van der Waals surface area (Å²) in [6.07, 6.45) is 6.46. The molecule has 0 unspecified atom stereocenters. The summed E-state index contributed by atoms with van der Waals surface area (Å²) in [5, 5.41) is 12.2. The number of allylic oxidation sites excluding steroid dienone is 1. The lowest BCUT2D eigenvalue weighted by Crippen LogP contribution is -2.46. The number of hydrogen-bond acceptors (Lipinski definition) is 7. The highest BCUT2D eigenvalue weighted by Crippen LogP contribution is 2.26. The first-order chi connectivity index (χ1) is 18.5. The molecule has 38 heavy (non-hydrogen) atoms. The molecule has 2 N–H and O–H groups in total. The van der Waals surface area contributed by atoms with E-state index in [0.29, 0.717) is 25.9 Å². The Bertz CT molecular complexity index is 1010. The van der Waals surface area contributed by atoms with E-state index >= 15 is 0 Å². The van der Waals surface area contributed by atoms with E-state index in [1.54, 1.807) is 22.0 Å². The third kappa shape index (κ3) is 7.12. The van der Waals surface area contributed by atoms with Gasteiger partial charge in [-0.3, -0.25) is 9.59 Å². The third-order valence-corrected chi connectivity index (χ3v) is 7.51. The fraction of sp³-hybridized carbons (Fsp3) is 0.571. The van der Waals surface area contributed by atoms with E-state index in [0.717, 1.165) is 24.8 Å². The quantitative estimate of drug-likeness (QED) is 0.429. The standard InChI is InChI=1S/C28H37N3O7/c32-17-22-11-6-14-30(22)25(33)16-21-10-4-5-13-24(29-28(36)38-18-20-8-2-1-3-9-20)27(35)37-19-23-12-7-15-31(23)26(21)34/h1-5,8-9,21-24,32H,6-7,10-19H2,(H,29,36)/t21-,22+,23+,24-/m1/s1. The molecule has 1 aromatic rings. The maximum absolute atomic E-state index is 13.5. The van der Waals surface area contributed by atoms with Gasteiger partial charge in [0, 0.05) is 19.5 Å². The first kappa shape index (κ1) is 27.6. The topological polar surface area (TPSA) is 125 Å². The zero-order valence-corrected chi connectivity index (χ0v) is 21.6. The Labute approximate surface area is 222 Å². The summed E-state index contributed by atoms with van der Waals surface area (Å²) in [4.78, 5) is 55.2. The molecule has 0 radical (unpaired) electrons. The van der Waals surface area contributed by atoms with Crippen LogP contribution in [0, 0.1) is 5.92 Å². The van der Waals surface area contributed by atoms with Gasteiger partial charge < -0.3 is 29.7 Å². The SMILES string of the molecule is O=C(N[C@@H]1CC=CC[C@H](CC(=O)N2CCC[C@H]2CO)C(=O)N2CCC[C@H]2COC1=O)OCc1ccccc1. The van der Waals surface area contributed by atoms with Crippen LogP contribution in [0.4, 0.5) is 4.79 Å². The number of benzene rings is 1. The molecular formula is C28H37N3O7. The van der Waals surface area contributed by atoms with Crippen LogP contribution in [0.5, 0.6) is 0 Å². The average molecular weight is 528 g/mol. The molecule has 2 saturated heterocycles. The highest BCUT2D eigenvalue weighted by Gasteiger charge is 2.37. The molecule has 1 aromatic carbocycles. The number of carbonyl (C=O) groups is 4. The van der Waals surface area contributed by atoms with Crippen molar-refractivity contribution in [2.75, 3.05) is 26.3 Å². The second-order valence-corrected chi connectivity index (χ2v) is 10.1. The van der Waals surface area contributed by atoms with E-state index in [1.165, 1.54) is 0 Å². The number of fused-ring (bicyclic) bond motifs is 1. The highest BCUT2D eigenvalue weighted by molar-refractivity contribution is 5.87. The second kappa shape index (κ2) is 13.4. The average Bonchev–Trinajstić information content (AvgIpc) is 3.60. The van der Waals surface area contributed by atoms with Gasteiger partial charge >= 0.3 is 12.1 Å².